The first-order chi connectivity index (χ1) is 9.29. The molecule has 1 N–H and O–H groups in total. The number of halogens is 1. The molecule has 0 saturated heterocycles. The molecule has 100 valence electrons. The van der Waals surface area contributed by atoms with Gasteiger partial charge in [0, 0.05) is 10.4 Å². The molecule has 1 aliphatic heterocycles. The summed E-state index contributed by atoms with van der Waals surface area (Å²) in [6, 6.07) is 10.9. The van der Waals surface area contributed by atoms with Gasteiger partial charge in [0.05, 0.1) is 16.4 Å². The van der Waals surface area contributed by atoms with Crippen LogP contribution in [0.3, 0.4) is 0 Å². The third kappa shape index (κ3) is 2.57. The summed E-state index contributed by atoms with van der Waals surface area (Å²) in [4.78, 5) is 1.30. The van der Waals surface area contributed by atoms with Crippen LogP contribution >= 0.6 is 27.3 Å². The number of rotatable bonds is 3. The summed E-state index contributed by atoms with van der Waals surface area (Å²) in [5.41, 5.74) is 2.58. The van der Waals surface area contributed by atoms with Crippen molar-refractivity contribution in [2.45, 2.75) is 18.9 Å². The van der Waals surface area contributed by atoms with E-state index in [4.69, 9.17) is 4.74 Å². The van der Waals surface area contributed by atoms with E-state index in [0.717, 1.165) is 29.0 Å². The SMILES string of the molecule is CNC(c1ccc(Br)s1)c1cccc2c1OCCC2. The molecule has 2 nitrogen and oxygen atoms in total. The van der Waals surface area contributed by atoms with E-state index >= 15 is 0 Å². The highest BCUT2D eigenvalue weighted by molar-refractivity contribution is 9.11. The third-order valence-corrected chi connectivity index (χ3v) is 5.13. The molecule has 1 unspecified atom stereocenters. The Balaban J connectivity index is 2.04. The van der Waals surface area contributed by atoms with Gasteiger partial charge in [0.25, 0.3) is 0 Å². The predicted octanol–water partition coefficient (Wildman–Crippen LogP) is 4.14. The van der Waals surface area contributed by atoms with Gasteiger partial charge in [-0.3, -0.25) is 0 Å². The lowest BCUT2D eigenvalue weighted by Gasteiger charge is -2.24. The lowest BCUT2D eigenvalue weighted by atomic mass is 9.97. The van der Waals surface area contributed by atoms with Crippen molar-refractivity contribution in [1.29, 1.82) is 0 Å². The Morgan fingerprint density at radius 2 is 2.21 bits per heavy atom. The number of ether oxygens (including phenoxy) is 1. The molecule has 0 bridgehead atoms. The van der Waals surface area contributed by atoms with Crippen molar-refractivity contribution in [3.63, 3.8) is 0 Å². The van der Waals surface area contributed by atoms with Crippen LogP contribution in [0.5, 0.6) is 5.75 Å². The molecule has 2 aromatic rings. The van der Waals surface area contributed by atoms with Gasteiger partial charge < -0.3 is 10.1 Å². The van der Waals surface area contributed by atoms with Gasteiger partial charge in [-0.05, 0) is 53.5 Å². The zero-order valence-electron chi connectivity index (χ0n) is 10.8. The molecule has 0 saturated carbocycles. The normalized spacial score (nSPS) is 15.7. The molecule has 19 heavy (non-hydrogen) atoms. The first-order valence-corrected chi connectivity index (χ1v) is 8.07. The van der Waals surface area contributed by atoms with E-state index in [1.165, 1.54) is 16.0 Å². The van der Waals surface area contributed by atoms with Crippen molar-refractivity contribution in [2.75, 3.05) is 13.7 Å². The van der Waals surface area contributed by atoms with Crippen LogP contribution < -0.4 is 10.1 Å². The van der Waals surface area contributed by atoms with Crippen molar-refractivity contribution < 1.29 is 4.74 Å². The van der Waals surface area contributed by atoms with Crippen molar-refractivity contribution in [1.82, 2.24) is 5.32 Å². The summed E-state index contributed by atoms with van der Waals surface area (Å²) in [5, 5.41) is 3.41. The number of hydrogen-bond acceptors (Lipinski definition) is 3. The molecule has 0 spiro atoms. The molecule has 3 rings (SSSR count). The molecule has 0 amide bonds. The summed E-state index contributed by atoms with van der Waals surface area (Å²) < 4.78 is 7.08. The van der Waals surface area contributed by atoms with Crippen molar-refractivity contribution in [2.24, 2.45) is 0 Å². The zero-order chi connectivity index (χ0) is 13.2. The van der Waals surface area contributed by atoms with Crippen LogP contribution in [0.4, 0.5) is 0 Å². The zero-order valence-corrected chi connectivity index (χ0v) is 13.2. The molecule has 0 fully saturated rings. The number of para-hydroxylation sites is 1. The summed E-state index contributed by atoms with van der Waals surface area (Å²) in [6.07, 6.45) is 2.24. The van der Waals surface area contributed by atoms with Crippen LogP contribution in [0.15, 0.2) is 34.1 Å². The number of hydrogen-bond donors (Lipinski definition) is 1. The van der Waals surface area contributed by atoms with E-state index in [2.05, 4.69) is 51.6 Å². The summed E-state index contributed by atoms with van der Waals surface area (Å²) in [7, 11) is 2.00. The average molecular weight is 338 g/mol. The van der Waals surface area contributed by atoms with Crippen molar-refractivity contribution in [3.8, 4) is 5.75 Å². The molecule has 1 aromatic carbocycles. The topological polar surface area (TPSA) is 21.3 Å². The second-order valence-corrected chi connectivity index (χ2v) is 7.15. The summed E-state index contributed by atoms with van der Waals surface area (Å²) >= 11 is 5.30. The minimum absolute atomic E-state index is 0.198. The first-order valence-electron chi connectivity index (χ1n) is 6.46. The maximum Gasteiger partial charge on any atom is 0.127 e. The first kappa shape index (κ1) is 13.2. The highest BCUT2D eigenvalue weighted by Gasteiger charge is 2.22. The van der Waals surface area contributed by atoms with E-state index in [0.29, 0.717) is 0 Å². The molecular weight excluding hydrogens is 322 g/mol. The molecule has 1 aliphatic rings. The van der Waals surface area contributed by atoms with Gasteiger partial charge in [-0.2, -0.15) is 0 Å². The van der Waals surface area contributed by atoms with Gasteiger partial charge in [0.2, 0.25) is 0 Å². The number of aryl methyl sites for hydroxylation is 1. The van der Waals surface area contributed by atoms with Crippen LogP contribution in [-0.4, -0.2) is 13.7 Å². The minimum atomic E-state index is 0.198. The van der Waals surface area contributed by atoms with Gasteiger partial charge in [0.1, 0.15) is 5.75 Å². The summed E-state index contributed by atoms with van der Waals surface area (Å²) in [6.45, 7) is 0.828. The second-order valence-electron chi connectivity index (χ2n) is 4.65. The fourth-order valence-corrected chi connectivity index (χ4v) is 4.13. The second kappa shape index (κ2) is 5.65. The molecule has 2 heterocycles. The fourth-order valence-electron chi connectivity index (χ4n) is 2.58. The Hall–Kier alpha value is -0.840. The van der Waals surface area contributed by atoms with E-state index in [1.807, 2.05) is 7.05 Å². The highest BCUT2D eigenvalue weighted by atomic mass is 79.9. The molecule has 4 heteroatoms. The fraction of sp³-hybridized carbons (Fsp3) is 0.333. The maximum absolute atomic E-state index is 5.92. The summed E-state index contributed by atoms with van der Waals surface area (Å²) in [5.74, 6) is 1.08. The van der Waals surface area contributed by atoms with Crippen molar-refractivity contribution in [3.05, 3.63) is 50.1 Å². The monoisotopic (exact) mass is 337 g/mol. The Kier molecular flexibility index (Phi) is 3.91. The molecule has 1 aromatic heterocycles. The van der Waals surface area contributed by atoms with Crippen LogP contribution in [0, 0.1) is 0 Å². The molecular formula is C15H16BrNOS. The number of nitrogens with one attached hydrogen (secondary N) is 1. The predicted molar refractivity (Wildman–Crippen MR) is 83.2 cm³/mol. The Labute approximate surface area is 125 Å². The smallest absolute Gasteiger partial charge is 0.127 e. The van der Waals surface area contributed by atoms with Gasteiger partial charge in [0.15, 0.2) is 0 Å². The molecule has 0 aliphatic carbocycles. The minimum Gasteiger partial charge on any atom is -0.493 e. The van der Waals surface area contributed by atoms with E-state index in [-0.39, 0.29) is 6.04 Å². The van der Waals surface area contributed by atoms with Crippen LogP contribution in [0.25, 0.3) is 0 Å². The van der Waals surface area contributed by atoms with Crippen LogP contribution in [-0.2, 0) is 6.42 Å². The standard InChI is InChI=1S/C15H16BrNOS/c1-17-14(12-7-8-13(16)19-12)11-6-2-4-10-5-3-9-18-15(10)11/h2,4,6-8,14,17H,3,5,9H2,1H3. The maximum atomic E-state index is 5.92. The van der Waals surface area contributed by atoms with E-state index in [1.54, 1.807) is 11.3 Å². The molecule has 1 atom stereocenters. The number of benzene rings is 1. The Morgan fingerprint density at radius 3 is 2.95 bits per heavy atom. The highest BCUT2D eigenvalue weighted by Crippen LogP contribution is 2.38. The lowest BCUT2D eigenvalue weighted by Crippen LogP contribution is -2.20. The largest absolute Gasteiger partial charge is 0.493 e. The third-order valence-electron chi connectivity index (χ3n) is 3.44. The Morgan fingerprint density at radius 1 is 1.32 bits per heavy atom. The van der Waals surface area contributed by atoms with E-state index in [9.17, 15) is 0 Å². The quantitative estimate of drug-likeness (QED) is 0.908. The molecule has 0 radical (unpaired) electrons. The number of fused-ring (bicyclic) bond motifs is 1. The van der Waals surface area contributed by atoms with Crippen LogP contribution in [0.2, 0.25) is 0 Å². The van der Waals surface area contributed by atoms with Crippen LogP contribution in [0.1, 0.15) is 28.5 Å². The number of thiophene rings is 1. The van der Waals surface area contributed by atoms with Gasteiger partial charge >= 0.3 is 0 Å². The Bertz CT molecular complexity index is 581. The van der Waals surface area contributed by atoms with Gasteiger partial charge in [-0.25, -0.2) is 0 Å². The van der Waals surface area contributed by atoms with Crippen molar-refractivity contribution >= 4 is 27.3 Å². The average Bonchev–Trinajstić information content (AvgIpc) is 2.86. The van der Waals surface area contributed by atoms with Gasteiger partial charge in [-0.15, -0.1) is 11.3 Å². The van der Waals surface area contributed by atoms with E-state index < -0.39 is 0 Å². The van der Waals surface area contributed by atoms with Gasteiger partial charge in [-0.1, -0.05) is 18.2 Å². The lowest BCUT2D eigenvalue weighted by molar-refractivity contribution is 0.283.